The second-order valence-corrected chi connectivity index (χ2v) is 3.93. The minimum Gasteiger partial charge on any atom is -0.150 e. The zero-order valence-corrected chi connectivity index (χ0v) is 8.44. The van der Waals surface area contributed by atoms with Gasteiger partial charge in [0, 0.05) is 0 Å². The van der Waals surface area contributed by atoms with Gasteiger partial charge in [0.05, 0.1) is 0 Å². The molecule has 0 aromatic heterocycles. The van der Waals surface area contributed by atoms with Crippen LogP contribution in [0.5, 0.6) is 0 Å². The lowest BCUT2D eigenvalue weighted by atomic mass is 9.79. The fraction of sp³-hybridized carbons (Fsp3) is 0.500. The van der Waals surface area contributed by atoms with Crippen molar-refractivity contribution in [2.75, 3.05) is 0 Å². The van der Waals surface area contributed by atoms with Crippen LogP contribution in [0.3, 0.4) is 0 Å². The molecule has 0 saturated heterocycles. The molecule has 0 radical (unpaired) electrons. The zero-order chi connectivity index (χ0) is 9.97. The minimum absolute atomic E-state index is 0.103. The van der Waals surface area contributed by atoms with Crippen molar-refractivity contribution < 1.29 is 0 Å². The third-order valence-electron chi connectivity index (χ3n) is 3.20. The molecule has 0 saturated carbocycles. The van der Waals surface area contributed by atoms with E-state index in [2.05, 4.69) is 24.2 Å². The lowest BCUT2D eigenvalue weighted by molar-refractivity contribution is 0.481. The summed E-state index contributed by atoms with van der Waals surface area (Å²) in [5.41, 5.74) is 2.49. The predicted octanol–water partition coefficient (Wildman–Crippen LogP) is 3.78. The molecule has 0 spiro atoms. The summed E-state index contributed by atoms with van der Waals surface area (Å²) in [6.45, 7) is 2.20. The SMILES string of the molecule is CCC1CCC(N=O)c2ccccc21. The lowest BCUT2D eigenvalue weighted by Gasteiger charge is -2.27. The van der Waals surface area contributed by atoms with Crippen LogP contribution in [0, 0.1) is 4.91 Å². The minimum atomic E-state index is -0.103. The average Bonchev–Trinajstić information content (AvgIpc) is 2.27. The van der Waals surface area contributed by atoms with Gasteiger partial charge in [0.1, 0.15) is 6.04 Å². The van der Waals surface area contributed by atoms with Gasteiger partial charge in [-0.3, -0.25) is 0 Å². The van der Waals surface area contributed by atoms with Crippen LogP contribution in [-0.4, -0.2) is 0 Å². The summed E-state index contributed by atoms with van der Waals surface area (Å²) in [7, 11) is 0. The predicted molar refractivity (Wildman–Crippen MR) is 57.2 cm³/mol. The summed E-state index contributed by atoms with van der Waals surface area (Å²) in [5.74, 6) is 0.629. The summed E-state index contributed by atoms with van der Waals surface area (Å²) >= 11 is 0. The molecular formula is C12H15NO. The fourth-order valence-corrected chi connectivity index (χ4v) is 2.39. The Hall–Kier alpha value is -1.18. The van der Waals surface area contributed by atoms with Gasteiger partial charge in [-0.25, -0.2) is 0 Å². The third-order valence-corrected chi connectivity index (χ3v) is 3.20. The molecule has 2 rings (SSSR count). The van der Waals surface area contributed by atoms with Gasteiger partial charge in [-0.2, -0.15) is 4.91 Å². The van der Waals surface area contributed by atoms with E-state index >= 15 is 0 Å². The van der Waals surface area contributed by atoms with Crippen molar-refractivity contribution >= 4 is 0 Å². The number of nitroso groups, excluding NO2 is 1. The highest BCUT2D eigenvalue weighted by Crippen LogP contribution is 2.40. The Kier molecular flexibility index (Phi) is 2.62. The molecule has 0 fully saturated rings. The van der Waals surface area contributed by atoms with Crippen LogP contribution in [0.4, 0.5) is 0 Å². The van der Waals surface area contributed by atoms with E-state index in [0.717, 1.165) is 24.8 Å². The van der Waals surface area contributed by atoms with Crippen molar-refractivity contribution in [3.05, 3.63) is 40.3 Å². The quantitative estimate of drug-likeness (QED) is 0.651. The van der Waals surface area contributed by atoms with Gasteiger partial charge < -0.3 is 0 Å². The van der Waals surface area contributed by atoms with E-state index in [1.807, 2.05) is 12.1 Å². The molecule has 0 bridgehead atoms. The summed E-state index contributed by atoms with van der Waals surface area (Å²) in [6.07, 6.45) is 3.17. The standard InChI is InChI=1S/C12H15NO/c1-2-9-7-8-12(13-14)11-6-4-3-5-10(9)11/h3-6,9,12H,2,7-8H2,1H3. The normalized spacial score (nSPS) is 25.5. The smallest absolute Gasteiger partial charge is 0.117 e. The molecule has 1 aliphatic rings. The molecule has 2 nitrogen and oxygen atoms in total. The van der Waals surface area contributed by atoms with Crippen molar-refractivity contribution in [1.29, 1.82) is 0 Å². The molecule has 2 unspecified atom stereocenters. The number of nitrogens with zero attached hydrogens (tertiary/aromatic N) is 1. The highest BCUT2D eigenvalue weighted by Gasteiger charge is 2.26. The first-order valence-electron chi connectivity index (χ1n) is 5.28. The first-order valence-corrected chi connectivity index (χ1v) is 5.28. The van der Waals surface area contributed by atoms with E-state index in [9.17, 15) is 4.91 Å². The maximum atomic E-state index is 10.7. The van der Waals surface area contributed by atoms with E-state index in [1.165, 1.54) is 5.56 Å². The molecule has 0 amide bonds. The fourth-order valence-electron chi connectivity index (χ4n) is 2.39. The largest absolute Gasteiger partial charge is 0.150 e. The lowest BCUT2D eigenvalue weighted by Crippen LogP contribution is -2.12. The molecule has 0 heterocycles. The van der Waals surface area contributed by atoms with Gasteiger partial charge in [0.15, 0.2) is 0 Å². The summed E-state index contributed by atoms with van der Waals surface area (Å²) in [5, 5.41) is 3.21. The molecule has 0 aliphatic heterocycles. The number of rotatable bonds is 2. The molecule has 2 heteroatoms. The van der Waals surface area contributed by atoms with E-state index < -0.39 is 0 Å². The molecule has 1 aromatic carbocycles. The van der Waals surface area contributed by atoms with E-state index in [-0.39, 0.29) is 6.04 Å². The Bertz CT molecular complexity index is 335. The van der Waals surface area contributed by atoms with Crippen molar-refractivity contribution in [2.45, 2.75) is 38.1 Å². The highest BCUT2D eigenvalue weighted by atomic mass is 16.3. The number of benzene rings is 1. The summed E-state index contributed by atoms with van der Waals surface area (Å²) < 4.78 is 0. The van der Waals surface area contributed by atoms with E-state index in [0.29, 0.717) is 5.92 Å². The topological polar surface area (TPSA) is 29.4 Å². The van der Waals surface area contributed by atoms with E-state index in [1.54, 1.807) is 0 Å². The van der Waals surface area contributed by atoms with Gasteiger partial charge in [-0.15, -0.1) is 0 Å². The molecule has 2 atom stereocenters. The first-order chi connectivity index (χ1) is 6.86. The van der Waals surface area contributed by atoms with Crippen LogP contribution >= 0.6 is 0 Å². The van der Waals surface area contributed by atoms with Crippen LogP contribution in [0.1, 0.15) is 49.3 Å². The second-order valence-electron chi connectivity index (χ2n) is 3.93. The Morgan fingerprint density at radius 3 is 2.64 bits per heavy atom. The molecular weight excluding hydrogens is 174 g/mol. The monoisotopic (exact) mass is 189 g/mol. The van der Waals surface area contributed by atoms with Gasteiger partial charge in [0.25, 0.3) is 0 Å². The molecule has 1 aliphatic carbocycles. The first kappa shape index (κ1) is 9.38. The Labute approximate surface area is 84.3 Å². The third kappa shape index (κ3) is 1.45. The Morgan fingerprint density at radius 2 is 2.00 bits per heavy atom. The summed E-state index contributed by atoms with van der Waals surface area (Å²) in [6, 6.07) is 8.13. The molecule has 0 N–H and O–H groups in total. The molecule has 74 valence electrons. The van der Waals surface area contributed by atoms with Crippen LogP contribution in [0.25, 0.3) is 0 Å². The summed E-state index contributed by atoms with van der Waals surface area (Å²) in [4.78, 5) is 10.7. The number of hydrogen-bond acceptors (Lipinski definition) is 2. The van der Waals surface area contributed by atoms with Gasteiger partial charge in [-0.05, 0) is 36.3 Å². The van der Waals surface area contributed by atoms with Crippen LogP contribution in [0.2, 0.25) is 0 Å². The van der Waals surface area contributed by atoms with Gasteiger partial charge >= 0.3 is 0 Å². The van der Waals surface area contributed by atoms with Crippen molar-refractivity contribution in [3.63, 3.8) is 0 Å². The maximum absolute atomic E-state index is 10.7. The van der Waals surface area contributed by atoms with E-state index in [4.69, 9.17) is 0 Å². The van der Waals surface area contributed by atoms with Crippen molar-refractivity contribution in [1.82, 2.24) is 0 Å². The van der Waals surface area contributed by atoms with Gasteiger partial charge in [0.2, 0.25) is 0 Å². The average molecular weight is 189 g/mol. The van der Waals surface area contributed by atoms with Crippen molar-refractivity contribution in [3.8, 4) is 0 Å². The van der Waals surface area contributed by atoms with Crippen LogP contribution in [-0.2, 0) is 0 Å². The molecule has 1 aromatic rings. The number of hydrogen-bond donors (Lipinski definition) is 0. The Balaban J connectivity index is 2.43. The van der Waals surface area contributed by atoms with Gasteiger partial charge in [-0.1, -0.05) is 36.4 Å². The molecule has 14 heavy (non-hydrogen) atoms. The zero-order valence-electron chi connectivity index (χ0n) is 8.44. The number of fused-ring (bicyclic) bond motifs is 1. The van der Waals surface area contributed by atoms with Crippen molar-refractivity contribution in [2.24, 2.45) is 5.18 Å². The van der Waals surface area contributed by atoms with Crippen LogP contribution in [0.15, 0.2) is 29.4 Å². The highest BCUT2D eigenvalue weighted by molar-refractivity contribution is 5.35. The van der Waals surface area contributed by atoms with Crippen LogP contribution < -0.4 is 0 Å². The Morgan fingerprint density at radius 1 is 1.29 bits per heavy atom. The maximum Gasteiger partial charge on any atom is 0.117 e. The second kappa shape index (κ2) is 3.91.